The molecule has 2 heterocycles. The van der Waals surface area contributed by atoms with Crippen molar-refractivity contribution in [1.29, 1.82) is 0 Å². The van der Waals surface area contributed by atoms with Gasteiger partial charge in [0.1, 0.15) is 5.65 Å². The minimum atomic E-state index is -0.519. The average molecular weight is 294 g/mol. The maximum atomic E-state index is 10.5. The molecule has 22 heavy (non-hydrogen) atoms. The lowest BCUT2D eigenvalue weighted by Gasteiger charge is -2.11. The molecular weight excluding hydrogens is 272 g/mol. The summed E-state index contributed by atoms with van der Waals surface area (Å²) in [6.45, 7) is 8.26. The van der Waals surface area contributed by atoms with E-state index in [4.69, 9.17) is 4.98 Å². The number of hydrogen-bond donors (Lipinski definition) is 1. The molecule has 0 radical (unpaired) electrons. The Morgan fingerprint density at radius 3 is 2.55 bits per heavy atom. The van der Waals surface area contributed by atoms with Crippen LogP contribution in [0.2, 0.25) is 0 Å². The van der Waals surface area contributed by atoms with Crippen LogP contribution in [0.5, 0.6) is 0 Å². The molecule has 1 atom stereocenters. The van der Waals surface area contributed by atoms with E-state index in [0.717, 1.165) is 22.6 Å². The summed E-state index contributed by atoms with van der Waals surface area (Å²) in [4.78, 5) is 4.79. The lowest BCUT2D eigenvalue weighted by Crippen LogP contribution is -2.02. The summed E-state index contributed by atoms with van der Waals surface area (Å²) >= 11 is 0. The molecule has 0 amide bonds. The van der Waals surface area contributed by atoms with Crippen molar-refractivity contribution >= 4 is 5.65 Å². The van der Waals surface area contributed by atoms with Crippen molar-refractivity contribution in [2.75, 3.05) is 0 Å². The van der Waals surface area contributed by atoms with Gasteiger partial charge in [-0.25, -0.2) is 4.98 Å². The zero-order valence-corrected chi connectivity index (χ0v) is 13.6. The highest BCUT2D eigenvalue weighted by Gasteiger charge is 2.20. The Bertz CT molecular complexity index is 833. The Balaban J connectivity index is 2.29. The highest BCUT2D eigenvalue weighted by molar-refractivity contribution is 5.68. The number of imidazole rings is 1. The number of benzene rings is 1. The maximum Gasteiger partial charge on any atom is 0.138 e. The molecule has 1 aromatic carbocycles. The van der Waals surface area contributed by atoms with Gasteiger partial charge >= 0.3 is 0 Å². The van der Waals surface area contributed by atoms with Crippen LogP contribution in [0.1, 0.15) is 41.8 Å². The smallest absolute Gasteiger partial charge is 0.138 e. The SMILES string of the molecule is CCC(O)c1c(-c2ccc(C)c(C)c2)nc2cc(C)ccn12. The summed E-state index contributed by atoms with van der Waals surface area (Å²) in [5, 5.41) is 10.5. The Hall–Kier alpha value is -2.13. The topological polar surface area (TPSA) is 37.5 Å². The summed E-state index contributed by atoms with van der Waals surface area (Å²) < 4.78 is 2.01. The van der Waals surface area contributed by atoms with Crippen LogP contribution in [0, 0.1) is 20.8 Å². The first-order valence-electron chi connectivity index (χ1n) is 7.75. The quantitative estimate of drug-likeness (QED) is 0.779. The normalized spacial score (nSPS) is 12.8. The van der Waals surface area contributed by atoms with Crippen LogP contribution < -0.4 is 0 Å². The molecule has 0 fully saturated rings. The zero-order valence-electron chi connectivity index (χ0n) is 13.6. The van der Waals surface area contributed by atoms with Crippen molar-refractivity contribution in [1.82, 2.24) is 9.38 Å². The van der Waals surface area contributed by atoms with Crippen LogP contribution in [-0.2, 0) is 0 Å². The van der Waals surface area contributed by atoms with E-state index >= 15 is 0 Å². The van der Waals surface area contributed by atoms with Gasteiger partial charge < -0.3 is 9.51 Å². The number of hydrogen-bond acceptors (Lipinski definition) is 2. The van der Waals surface area contributed by atoms with Gasteiger partial charge in [0.25, 0.3) is 0 Å². The second-order valence-electron chi connectivity index (χ2n) is 6.00. The van der Waals surface area contributed by atoms with Crippen LogP contribution in [-0.4, -0.2) is 14.5 Å². The van der Waals surface area contributed by atoms with Gasteiger partial charge in [-0.2, -0.15) is 0 Å². The molecule has 0 bridgehead atoms. The number of aliphatic hydroxyl groups excluding tert-OH is 1. The molecule has 1 N–H and O–H groups in total. The van der Waals surface area contributed by atoms with Gasteiger partial charge in [0.05, 0.1) is 17.5 Å². The minimum absolute atomic E-state index is 0.519. The number of aliphatic hydroxyl groups is 1. The van der Waals surface area contributed by atoms with Gasteiger partial charge in [0.2, 0.25) is 0 Å². The van der Waals surface area contributed by atoms with E-state index in [2.05, 4.69) is 45.0 Å². The first-order valence-corrected chi connectivity index (χ1v) is 7.75. The summed E-state index contributed by atoms with van der Waals surface area (Å²) in [6, 6.07) is 10.4. The van der Waals surface area contributed by atoms with Crippen LogP contribution in [0.3, 0.4) is 0 Å². The number of fused-ring (bicyclic) bond motifs is 1. The fraction of sp³-hybridized carbons (Fsp3) is 0.316. The monoisotopic (exact) mass is 294 g/mol. The number of aromatic nitrogens is 2. The van der Waals surface area contributed by atoms with E-state index in [1.165, 1.54) is 16.7 Å². The van der Waals surface area contributed by atoms with Crippen molar-refractivity contribution in [3.05, 3.63) is 58.9 Å². The molecule has 0 saturated carbocycles. The molecule has 3 heteroatoms. The molecule has 2 aromatic heterocycles. The second kappa shape index (κ2) is 5.58. The summed E-state index contributed by atoms with van der Waals surface area (Å²) in [7, 11) is 0. The molecule has 0 spiro atoms. The third-order valence-corrected chi connectivity index (χ3v) is 4.30. The third-order valence-electron chi connectivity index (χ3n) is 4.30. The lowest BCUT2D eigenvalue weighted by molar-refractivity contribution is 0.168. The van der Waals surface area contributed by atoms with Crippen LogP contribution in [0.15, 0.2) is 36.5 Å². The molecule has 0 aliphatic carbocycles. The summed E-state index contributed by atoms with van der Waals surface area (Å²) in [6.07, 6.45) is 2.14. The van der Waals surface area contributed by atoms with Crippen molar-refractivity contribution in [3.8, 4) is 11.3 Å². The fourth-order valence-electron chi connectivity index (χ4n) is 2.78. The molecule has 3 nitrogen and oxygen atoms in total. The average Bonchev–Trinajstić information content (AvgIpc) is 2.87. The van der Waals surface area contributed by atoms with Gasteiger partial charge in [-0.15, -0.1) is 0 Å². The van der Waals surface area contributed by atoms with Crippen molar-refractivity contribution in [2.45, 2.75) is 40.2 Å². The van der Waals surface area contributed by atoms with Crippen molar-refractivity contribution < 1.29 is 5.11 Å². The first kappa shape index (κ1) is 14.8. The fourth-order valence-corrected chi connectivity index (χ4v) is 2.78. The molecule has 0 aliphatic rings. The van der Waals surface area contributed by atoms with E-state index in [1.54, 1.807) is 0 Å². The Labute approximate surface area is 131 Å². The standard InChI is InChI=1S/C19H22N2O/c1-5-16(22)19-18(15-7-6-13(3)14(4)11-15)20-17-10-12(2)8-9-21(17)19/h6-11,16,22H,5H2,1-4H3. The van der Waals surface area contributed by atoms with Gasteiger partial charge in [0, 0.05) is 11.8 Å². The largest absolute Gasteiger partial charge is 0.387 e. The third kappa shape index (κ3) is 2.42. The van der Waals surface area contributed by atoms with E-state index in [9.17, 15) is 5.11 Å². The molecule has 0 saturated heterocycles. The molecule has 3 rings (SSSR count). The van der Waals surface area contributed by atoms with Crippen LogP contribution in [0.4, 0.5) is 0 Å². The van der Waals surface area contributed by atoms with Crippen molar-refractivity contribution in [2.24, 2.45) is 0 Å². The van der Waals surface area contributed by atoms with Gasteiger partial charge in [-0.05, 0) is 62.1 Å². The van der Waals surface area contributed by atoms with Gasteiger partial charge in [0.15, 0.2) is 0 Å². The predicted octanol–water partition coefficient (Wildman–Crippen LogP) is 4.37. The Kier molecular flexibility index (Phi) is 3.75. The summed E-state index contributed by atoms with van der Waals surface area (Å²) in [5.74, 6) is 0. The highest BCUT2D eigenvalue weighted by Crippen LogP contribution is 2.31. The van der Waals surface area contributed by atoms with Crippen LogP contribution in [0.25, 0.3) is 16.9 Å². The minimum Gasteiger partial charge on any atom is -0.387 e. The van der Waals surface area contributed by atoms with Crippen molar-refractivity contribution in [3.63, 3.8) is 0 Å². The molecule has 1 unspecified atom stereocenters. The molecule has 114 valence electrons. The lowest BCUT2D eigenvalue weighted by atomic mass is 10.0. The highest BCUT2D eigenvalue weighted by atomic mass is 16.3. The first-order chi connectivity index (χ1) is 10.5. The second-order valence-corrected chi connectivity index (χ2v) is 6.00. The Morgan fingerprint density at radius 1 is 1.09 bits per heavy atom. The molecule has 3 aromatic rings. The van der Waals surface area contributed by atoms with E-state index in [1.807, 2.05) is 23.6 Å². The summed E-state index contributed by atoms with van der Waals surface area (Å²) in [5.41, 5.74) is 7.37. The van der Waals surface area contributed by atoms with E-state index in [0.29, 0.717) is 6.42 Å². The van der Waals surface area contributed by atoms with Gasteiger partial charge in [-0.3, -0.25) is 0 Å². The number of pyridine rings is 1. The maximum absolute atomic E-state index is 10.5. The molecular formula is C19H22N2O. The van der Waals surface area contributed by atoms with Gasteiger partial charge in [-0.1, -0.05) is 19.1 Å². The predicted molar refractivity (Wildman–Crippen MR) is 90.1 cm³/mol. The van der Waals surface area contributed by atoms with E-state index in [-0.39, 0.29) is 0 Å². The number of nitrogens with zero attached hydrogens (tertiary/aromatic N) is 2. The zero-order chi connectivity index (χ0) is 15.9. The number of rotatable bonds is 3. The Morgan fingerprint density at radius 2 is 1.86 bits per heavy atom. The molecule has 0 aliphatic heterocycles. The van der Waals surface area contributed by atoms with E-state index < -0.39 is 6.10 Å². The van der Waals surface area contributed by atoms with Crippen LogP contribution >= 0.6 is 0 Å². The number of aryl methyl sites for hydroxylation is 3.